The molecule has 0 atom stereocenters. The summed E-state index contributed by atoms with van der Waals surface area (Å²) in [4.78, 5) is 13.3. The molecule has 0 saturated carbocycles. The summed E-state index contributed by atoms with van der Waals surface area (Å²) in [5.41, 5.74) is 3.67. The van der Waals surface area contributed by atoms with Crippen LogP contribution in [0, 0.1) is 0 Å². The van der Waals surface area contributed by atoms with Gasteiger partial charge in [-0.05, 0) is 36.8 Å². The molecule has 6 heteroatoms. The molecule has 0 saturated heterocycles. The van der Waals surface area contributed by atoms with E-state index in [1.165, 1.54) is 5.56 Å². The van der Waals surface area contributed by atoms with Crippen LogP contribution < -0.4 is 10.1 Å². The van der Waals surface area contributed by atoms with Gasteiger partial charge < -0.3 is 14.6 Å². The highest BCUT2D eigenvalue weighted by Crippen LogP contribution is 2.23. The summed E-state index contributed by atoms with van der Waals surface area (Å²) in [6.45, 7) is 3.34. The van der Waals surface area contributed by atoms with E-state index in [1.807, 2.05) is 54.0 Å². The zero-order valence-corrected chi connectivity index (χ0v) is 14.5. The Bertz CT molecular complexity index is 996. The van der Waals surface area contributed by atoms with Gasteiger partial charge in [-0.1, -0.05) is 30.3 Å². The number of fused-ring (bicyclic) bond motifs is 1. The van der Waals surface area contributed by atoms with Crippen LogP contribution in [0.15, 0.2) is 67.3 Å². The van der Waals surface area contributed by atoms with Crippen molar-refractivity contribution in [2.24, 2.45) is 0 Å². The average Bonchev–Trinajstić information content (AvgIpc) is 3.08. The van der Waals surface area contributed by atoms with Crippen LogP contribution in [0.4, 0.5) is 11.5 Å². The SMILES string of the molecule is CCOc1ccc(Nc2ncnc3c2ncn3Cc2ccccc2)cc1. The number of nitrogens with one attached hydrogen (secondary N) is 1. The summed E-state index contributed by atoms with van der Waals surface area (Å²) in [6, 6.07) is 18.0. The average molecular weight is 345 g/mol. The van der Waals surface area contributed by atoms with Gasteiger partial charge in [-0.2, -0.15) is 0 Å². The summed E-state index contributed by atoms with van der Waals surface area (Å²) >= 11 is 0. The first-order valence-corrected chi connectivity index (χ1v) is 8.53. The van der Waals surface area contributed by atoms with E-state index in [2.05, 4.69) is 32.4 Å². The van der Waals surface area contributed by atoms with E-state index in [4.69, 9.17) is 4.74 Å². The van der Waals surface area contributed by atoms with Crippen molar-refractivity contribution < 1.29 is 4.74 Å². The zero-order valence-electron chi connectivity index (χ0n) is 14.5. The fourth-order valence-corrected chi connectivity index (χ4v) is 2.81. The molecule has 0 fully saturated rings. The minimum absolute atomic E-state index is 0.651. The number of rotatable bonds is 6. The van der Waals surface area contributed by atoms with Gasteiger partial charge in [0.25, 0.3) is 0 Å². The normalized spacial score (nSPS) is 10.8. The van der Waals surface area contributed by atoms with Crippen LogP contribution in [0.2, 0.25) is 0 Å². The van der Waals surface area contributed by atoms with E-state index in [9.17, 15) is 0 Å². The van der Waals surface area contributed by atoms with Gasteiger partial charge in [-0.25, -0.2) is 15.0 Å². The van der Waals surface area contributed by atoms with Gasteiger partial charge in [-0.15, -0.1) is 0 Å². The molecule has 6 nitrogen and oxygen atoms in total. The van der Waals surface area contributed by atoms with E-state index in [0.29, 0.717) is 12.4 Å². The Kier molecular flexibility index (Phi) is 4.47. The fourth-order valence-electron chi connectivity index (χ4n) is 2.81. The number of hydrogen-bond acceptors (Lipinski definition) is 5. The number of aromatic nitrogens is 4. The fraction of sp³-hybridized carbons (Fsp3) is 0.150. The van der Waals surface area contributed by atoms with Crippen molar-refractivity contribution in [3.05, 3.63) is 72.8 Å². The highest BCUT2D eigenvalue weighted by atomic mass is 16.5. The van der Waals surface area contributed by atoms with Crippen LogP contribution in [-0.2, 0) is 6.54 Å². The Balaban J connectivity index is 1.60. The van der Waals surface area contributed by atoms with Crippen LogP contribution in [0.25, 0.3) is 11.2 Å². The van der Waals surface area contributed by atoms with Crippen LogP contribution in [0.1, 0.15) is 12.5 Å². The maximum atomic E-state index is 5.47. The van der Waals surface area contributed by atoms with Gasteiger partial charge in [0, 0.05) is 5.69 Å². The topological polar surface area (TPSA) is 64.9 Å². The molecule has 2 heterocycles. The second-order valence-electron chi connectivity index (χ2n) is 5.83. The third kappa shape index (κ3) is 3.35. The first kappa shape index (κ1) is 16.1. The van der Waals surface area contributed by atoms with Gasteiger partial charge in [0.15, 0.2) is 17.0 Å². The molecule has 0 radical (unpaired) electrons. The van der Waals surface area contributed by atoms with Crippen molar-refractivity contribution in [3.63, 3.8) is 0 Å². The highest BCUT2D eigenvalue weighted by Gasteiger charge is 2.10. The Morgan fingerprint density at radius 2 is 1.77 bits per heavy atom. The van der Waals surface area contributed by atoms with Crippen molar-refractivity contribution in [1.82, 2.24) is 19.5 Å². The van der Waals surface area contributed by atoms with Gasteiger partial charge in [0.1, 0.15) is 12.1 Å². The van der Waals surface area contributed by atoms with E-state index in [1.54, 1.807) is 12.7 Å². The maximum Gasteiger partial charge on any atom is 0.165 e. The first-order valence-electron chi connectivity index (χ1n) is 8.53. The van der Waals surface area contributed by atoms with Crippen LogP contribution >= 0.6 is 0 Å². The van der Waals surface area contributed by atoms with Crippen molar-refractivity contribution >= 4 is 22.7 Å². The molecule has 0 spiro atoms. The molecule has 0 unspecified atom stereocenters. The summed E-state index contributed by atoms with van der Waals surface area (Å²) in [6.07, 6.45) is 3.36. The first-order chi connectivity index (χ1) is 12.8. The third-order valence-electron chi connectivity index (χ3n) is 4.03. The summed E-state index contributed by atoms with van der Waals surface area (Å²) in [7, 11) is 0. The molecular weight excluding hydrogens is 326 g/mol. The minimum Gasteiger partial charge on any atom is -0.494 e. The Labute approximate surface area is 151 Å². The van der Waals surface area contributed by atoms with E-state index in [0.717, 1.165) is 29.1 Å². The van der Waals surface area contributed by atoms with Crippen LogP contribution in [0.5, 0.6) is 5.75 Å². The predicted octanol–water partition coefficient (Wildman–Crippen LogP) is 4.02. The molecule has 26 heavy (non-hydrogen) atoms. The molecule has 0 aliphatic rings. The quantitative estimate of drug-likeness (QED) is 0.572. The van der Waals surface area contributed by atoms with E-state index < -0.39 is 0 Å². The van der Waals surface area contributed by atoms with Gasteiger partial charge in [0.05, 0.1) is 19.5 Å². The molecule has 0 aliphatic carbocycles. The number of nitrogens with zero attached hydrogens (tertiary/aromatic N) is 4. The molecule has 1 N–H and O–H groups in total. The van der Waals surface area contributed by atoms with Gasteiger partial charge in [-0.3, -0.25) is 0 Å². The number of benzene rings is 2. The lowest BCUT2D eigenvalue weighted by atomic mass is 10.2. The highest BCUT2D eigenvalue weighted by molar-refractivity contribution is 5.85. The Hall–Kier alpha value is -3.41. The third-order valence-corrected chi connectivity index (χ3v) is 4.03. The molecule has 4 aromatic rings. The smallest absolute Gasteiger partial charge is 0.165 e. The van der Waals surface area contributed by atoms with E-state index in [-0.39, 0.29) is 0 Å². The Morgan fingerprint density at radius 3 is 2.54 bits per heavy atom. The molecule has 0 bridgehead atoms. The lowest BCUT2D eigenvalue weighted by Gasteiger charge is -2.08. The lowest BCUT2D eigenvalue weighted by Crippen LogP contribution is -2.01. The largest absolute Gasteiger partial charge is 0.494 e. The molecule has 4 rings (SSSR count). The second-order valence-corrected chi connectivity index (χ2v) is 5.83. The molecule has 0 amide bonds. The van der Waals surface area contributed by atoms with Gasteiger partial charge >= 0.3 is 0 Å². The second kappa shape index (κ2) is 7.23. The predicted molar refractivity (Wildman–Crippen MR) is 102 cm³/mol. The number of ether oxygens (including phenoxy) is 1. The number of hydrogen-bond donors (Lipinski definition) is 1. The van der Waals surface area contributed by atoms with Crippen molar-refractivity contribution in [1.29, 1.82) is 0 Å². The van der Waals surface area contributed by atoms with Crippen molar-refractivity contribution in [2.75, 3.05) is 11.9 Å². The lowest BCUT2D eigenvalue weighted by molar-refractivity contribution is 0.340. The summed E-state index contributed by atoms with van der Waals surface area (Å²) in [5, 5.41) is 3.31. The summed E-state index contributed by atoms with van der Waals surface area (Å²) in [5.74, 6) is 1.53. The molecule has 2 aromatic heterocycles. The maximum absolute atomic E-state index is 5.47. The van der Waals surface area contributed by atoms with E-state index >= 15 is 0 Å². The molecule has 2 aromatic carbocycles. The monoisotopic (exact) mass is 345 g/mol. The number of anilines is 2. The van der Waals surface area contributed by atoms with Crippen molar-refractivity contribution in [2.45, 2.75) is 13.5 Å². The standard InChI is InChI=1S/C20H19N5O/c1-2-26-17-10-8-16(9-11-17)24-19-18-20(22-13-21-19)25(14-23-18)12-15-6-4-3-5-7-15/h3-11,13-14H,2,12H2,1H3,(H,21,22,24). The van der Waals surface area contributed by atoms with Crippen LogP contribution in [0.3, 0.4) is 0 Å². The molecule has 0 aliphatic heterocycles. The minimum atomic E-state index is 0.651. The molecule has 130 valence electrons. The Morgan fingerprint density at radius 1 is 0.962 bits per heavy atom. The van der Waals surface area contributed by atoms with Crippen LogP contribution in [-0.4, -0.2) is 26.1 Å². The van der Waals surface area contributed by atoms with Gasteiger partial charge in [0.2, 0.25) is 0 Å². The summed E-state index contributed by atoms with van der Waals surface area (Å²) < 4.78 is 7.50. The van der Waals surface area contributed by atoms with Crippen molar-refractivity contribution in [3.8, 4) is 5.75 Å². The molecular formula is C20H19N5O. The zero-order chi connectivity index (χ0) is 17.8. The number of imidazole rings is 1.